The molecular weight excluding hydrogens is 578 g/mol. The van der Waals surface area contributed by atoms with E-state index in [1.807, 2.05) is 48.5 Å². The lowest BCUT2D eigenvalue weighted by Crippen LogP contribution is -2.16. The quantitative estimate of drug-likeness (QED) is 0.125. The van der Waals surface area contributed by atoms with Crippen molar-refractivity contribution in [2.75, 3.05) is 17.7 Å². The number of aromatic nitrogens is 2. The van der Waals surface area contributed by atoms with Gasteiger partial charge in [0.25, 0.3) is 0 Å². The number of Topliss-reactive ketones (excluding diaryl/α,β-unsaturated/α-hetero) is 2. The van der Waals surface area contributed by atoms with E-state index in [2.05, 4.69) is 52.5 Å². The van der Waals surface area contributed by atoms with Gasteiger partial charge in [-0.25, -0.2) is 4.68 Å². The molecule has 3 aromatic rings. The van der Waals surface area contributed by atoms with E-state index in [4.69, 9.17) is 0 Å². The number of benzene rings is 2. The molecule has 32 heavy (non-hydrogen) atoms. The second kappa shape index (κ2) is 11.7. The average molecular weight is 597 g/mol. The van der Waals surface area contributed by atoms with Crippen LogP contribution in [0.4, 0.5) is 5.69 Å². The van der Waals surface area contributed by atoms with E-state index < -0.39 is 0 Å². The van der Waals surface area contributed by atoms with Gasteiger partial charge in [-0.2, -0.15) is 10.2 Å². The van der Waals surface area contributed by atoms with Crippen LogP contribution in [0.3, 0.4) is 0 Å². The van der Waals surface area contributed by atoms with E-state index in [-0.39, 0.29) is 11.6 Å². The molecule has 0 unspecified atom stereocenters. The van der Waals surface area contributed by atoms with Gasteiger partial charge in [0.05, 0.1) is 17.9 Å². The van der Waals surface area contributed by atoms with Crippen molar-refractivity contribution < 1.29 is 9.59 Å². The van der Waals surface area contributed by atoms with Gasteiger partial charge in [0.15, 0.2) is 21.6 Å². The van der Waals surface area contributed by atoms with Crippen LogP contribution >= 0.6 is 55.0 Å². The third-order valence-corrected chi connectivity index (χ3v) is 7.08. The summed E-state index contributed by atoms with van der Waals surface area (Å²) in [6, 6.07) is 15.1. The Bertz CT molecular complexity index is 1200. The number of thioether (sulfide) groups is 1. The summed E-state index contributed by atoms with van der Waals surface area (Å²) >= 11 is 9.37. The molecule has 7 nitrogen and oxygen atoms in total. The van der Waals surface area contributed by atoms with Gasteiger partial charge in [0.1, 0.15) is 0 Å². The minimum Gasteiger partial charge on any atom is -0.292 e. The SMILES string of the molecule is CC(=O)C(=NNc1ccc(Br)cc1)SCCN=c1sc(C(C)=O)nn1-c1ccc(Br)cc1. The van der Waals surface area contributed by atoms with Crippen LogP contribution in [-0.4, -0.2) is 38.7 Å². The zero-order chi connectivity index (χ0) is 23.1. The normalized spacial score (nSPS) is 12.1. The maximum Gasteiger partial charge on any atom is 0.208 e. The zero-order valence-corrected chi connectivity index (χ0v) is 22.0. The van der Waals surface area contributed by atoms with Gasteiger partial charge < -0.3 is 0 Å². The monoisotopic (exact) mass is 595 g/mol. The number of hydrazone groups is 1. The van der Waals surface area contributed by atoms with Gasteiger partial charge in [0, 0.05) is 28.5 Å². The molecule has 0 fully saturated rings. The Morgan fingerprint density at radius 3 is 2.28 bits per heavy atom. The van der Waals surface area contributed by atoms with E-state index in [0.717, 1.165) is 20.3 Å². The van der Waals surface area contributed by atoms with Crippen molar-refractivity contribution in [3.05, 3.63) is 67.3 Å². The highest BCUT2D eigenvalue weighted by Crippen LogP contribution is 2.16. The minimum absolute atomic E-state index is 0.110. The van der Waals surface area contributed by atoms with Gasteiger partial charge in [0.2, 0.25) is 4.80 Å². The largest absolute Gasteiger partial charge is 0.292 e. The molecular formula is C21H19Br2N5O2S2. The molecule has 0 saturated carbocycles. The first-order valence-electron chi connectivity index (χ1n) is 9.44. The molecule has 1 aromatic heterocycles. The number of nitrogens with one attached hydrogen (secondary N) is 1. The first kappa shape index (κ1) is 24.6. The standard InChI is InChI=1S/C21H19Br2N5O2S2/c1-13(29)19(26-25-17-7-3-15(22)4-8-17)31-12-11-24-21-28(27-20(32-21)14(2)30)18-9-5-16(23)6-10-18/h3-10,25H,11-12H2,1-2H3. The summed E-state index contributed by atoms with van der Waals surface area (Å²) in [7, 11) is 0. The topological polar surface area (TPSA) is 88.7 Å². The lowest BCUT2D eigenvalue weighted by Gasteiger charge is -2.04. The Morgan fingerprint density at radius 1 is 1.06 bits per heavy atom. The summed E-state index contributed by atoms with van der Waals surface area (Å²) in [6.07, 6.45) is 0. The summed E-state index contributed by atoms with van der Waals surface area (Å²) in [6.45, 7) is 3.40. The minimum atomic E-state index is -0.124. The number of rotatable bonds is 8. The molecule has 0 aliphatic rings. The van der Waals surface area contributed by atoms with E-state index >= 15 is 0 Å². The van der Waals surface area contributed by atoms with Crippen molar-refractivity contribution in [2.45, 2.75) is 13.8 Å². The van der Waals surface area contributed by atoms with Gasteiger partial charge in [-0.15, -0.1) is 0 Å². The number of anilines is 1. The second-order valence-electron chi connectivity index (χ2n) is 6.46. The third-order valence-electron chi connectivity index (χ3n) is 3.94. The third kappa shape index (κ3) is 6.96. The van der Waals surface area contributed by atoms with Crippen LogP contribution < -0.4 is 10.2 Å². The molecule has 11 heteroatoms. The average Bonchev–Trinajstić information content (AvgIpc) is 3.19. The first-order chi connectivity index (χ1) is 15.3. The van der Waals surface area contributed by atoms with Crippen LogP contribution in [0.5, 0.6) is 0 Å². The fourth-order valence-corrected chi connectivity index (χ4v) is 4.46. The van der Waals surface area contributed by atoms with Crippen molar-refractivity contribution >= 4 is 77.3 Å². The number of ketones is 2. The van der Waals surface area contributed by atoms with Crippen molar-refractivity contribution in [2.24, 2.45) is 10.1 Å². The highest BCUT2D eigenvalue weighted by molar-refractivity contribution is 9.10. The molecule has 0 spiro atoms. The number of hydrogen-bond donors (Lipinski definition) is 1. The Labute approximate surface area is 210 Å². The van der Waals surface area contributed by atoms with Crippen LogP contribution in [0.15, 0.2) is 67.6 Å². The Morgan fingerprint density at radius 2 is 1.69 bits per heavy atom. The summed E-state index contributed by atoms with van der Waals surface area (Å²) in [5, 5.41) is 9.39. The number of carbonyl (C=O) groups excluding carboxylic acids is 2. The first-order valence-corrected chi connectivity index (χ1v) is 12.8. The summed E-state index contributed by atoms with van der Waals surface area (Å²) in [5.41, 5.74) is 4.50. The van der Waals surface area contributed by atoms with Crippen LogP contribution in [0.25, 0.3) is 5.69 Å². The molecule has 1 N–H and O–H groups in total. The number of halogens is 2. The smallest absolute Gasteiger partial charge is 0.208 e. The Hall–Kier alpha value is -2.08. The van der Waals surface area contributed by atoms with Crippen molar-refractivity contribution in [3.63, 3.8) is 0 Å². The van der Waals surface area contributed by atoms with E-state index in [9.17, 15) is 9.59 Å². The molecule has 0 bridgehead atoms. The summed E-state index contributed by atoms with van der Waals surface area (Å²) in [5.74, 6) is 0.316. The molecule has 0 atom stereocenters. The maximum absolute atomic E-state index is 11.9. The van der Waals surface area contributed by atoms with E-state index in [0.29, 0.717) is 27.2 Å². The Kier molecular flexibility index (Phi) is 8.97. The highest BCUT2D eigenvalue weighted by atomic mass is 79.9. The molecule has 1 heterocycles. The predicted molar refractivity (Wildman–Crippen MR) is 138 cm³/mol. The molecule has 2 aromatic carbocycles. The van der Waals surface area contributed by atoms with Gasteiger partial charge in [-0.3, -0.25) is 20.0 Å². The maximum atomic E-state index is 11.9. The second-order valence-corrected chi connectivity index (χ2v) is 10.3. The summed E-state index contributed by atoms with van der Waals surface area (Å²) < 4.78 is 3.57. The Balaban J connectivity index is 1.71. The van der Waals surface area contributed by atoms with E-state index in [1.54, 1.807) is 4.68 Å². The molecule has 0 aliphatic heterocycles. The van der Waals surface area contributed by atoms with Gasteiger partial charge >= 0.3 is 0 Å². The molecule has 0 amide bonds. The van der Waals surface area contributed by atoms with E-state index in [1.165, 1.54) is 36.9 Å². The summed E-state index contributed by atoms with van der Waals surface area (Å²) in [4.78, 5) is 29.0. The van der Waals surface area contributed by atoms with Crippen LogP contribution in [0, 0.1) is 0 Å². The molecule has 0 saturated heterocycles. The number of carbonyl (C=O) groups is 2. The van der Waals surface area contributed by atoms with Crippen molar-refractivity contribution in [3.8, 4) is 5.69 Å². The lowest BCUT2D eigenvalue weighted by molar-refractivity contribution is -0.110. The molecule has 166 valence electrons. The number of hydrogen-bond acceptors (Lipinski definition) is 8. The van der Waals surface area contributed by atoms with Crippen molar-refractivity contribution in [1.29, 1.82) is 0 Å². The molecule has 0 radical (unpaired) electrons. The molecule has 0 aliphatic carbocycles. The fraction of sp³-hybridized carbons (Fsp3) is 0.190. The van der Waals surface area contributed by atoms with Crippen LogP contribution in [0.1, 0.15) is 23.6 Å². The lowest BCUT2D eigenvalue weighted by atomic mass is 10.3. The predicted octanol–water partition coefficient (Wildman–Crippen LogP) is 5.31. The van der Waals surface area contributed by atoms with Crippen molar-refractivity contribution in [1.82, 2.24) is 9.78 Å². The van der Waals surface area contributed by atoms with Crippen LogP contribution in [-0.2, 0) is 4.79 Å². The van der Waals surface area contributed by atoms with Gasteiger partial charge in [-0.05, 0) is 48.5 Å². The zero-order valence-electron chi connectivity index (χ0n) is 17.2. The van der Waals surface area contributed by atoms with Crippen LogP contribution in [0.2, 0.25) is 0 Å². The molecule has 3 rings (SSSR count). The number of nitrogens with zero attached hydrogens (tertiary/aromatic N) is 4. The highest BCUT2D eigenvalue weighted by Gasteiger charge is 2.11. The fourth-order valence-electron chi connectivity index (χ4n) is 2.41. The van der Waals surface area contributed by atoms with Gasteiger partial charge in [-0.1, -0.05) is 55.0 Å².